The maximum absolute atomic E-state index is 6.00. The Morgan fingerprint density at radius 3 is 3.12 bits per heavy atom. The number of hydrogen-bond donors (Lipinski definition) is 1. The van der Waals surface area contributed by atoms with Gasteiger partial charge in [0.05, 0.1) is 19.1 Å². The number of thiophene rings is 1. The normalized spacial score (nSPS) is 21.6. The molecule has 0 aliphatic carbocycles. The molecule has 1 aliphatic heterocycles. The lowest BCUT2D eigenvalue weighted by Crippen LogP contribution is -2.43. The van der Waals surface area contributed by atoms with E-state index in [1.54, 1.807) is 11.3 Å². The Labute approximate surface area is 107 Å². The molecule has 2 heterocycles. The summed E-state index contributed by atoms with van der Waals surface area (Å²) in [6.07, 6.45) is 2.47. The molecule has 1 aromatic heterocycles. The molecule has 1 aromatic rings. The lowest BCUT2D eigenvalue weighted by Gasteiger charge is -2.30. The van der Waals surface area contributed by atoms with Gasteiger partial charge in [-0.2, -0.15) is 0 Å². The lowest BCUT2D eigenvalue weighted by atomic mass is 9.96. The standard InChI is InChI=1S/C13H21N3S/c1-3-5-10(2)12-8-15-13(14)16(12)9-11-6-4-7-17-11/h4,6-7,10,12H,3,5,8-9H2,1-2H3,(H2,14,15). The molecule has 0 saturated carbocycles. The Bertz CT molecular complexity index is 372. The second-order valence-electron chi connectivity index (χ2n) is 4.74. The zero-order valence-corrected chi connectivity index (χ0v) is 11.4. The maximum Gasteiger partial charge on any atom is 0.191 e. The van der Waals surface area contributed by atoms with Crippen molar-refractivity contribution in [3.63, 3.8) is 0 Å². The minimum Gasteiger partial charge on any atom is -0.370 e. The van der Waals surface area contributed by atoms with Gasteiger partial charge in [-0.1, -0.05) is 26.3 Å². The summed E-state index contributed by atoms with van der Waals surface area (Å²) in [5.74, 6) is 1.37. The van der Waals surface area contributed by atoms with Gasteiger partial charge < -0.3 is 10.6 Å². The Morgan fingerprint density at radius 2 is 2.47 bits per heavy atom. The van der Waals surface area contributed by atoms with Gasteiger partial charge in [0, 0.05) is 4.88 Å². The van der Waals surface area contributed by atoms with E-state index < -0.39 is 0 Å². The summed E-state index contributed by atoms with van der Waals surface area (Å²) in [7, 11) is 0. The van der Waals surface area contributed by atoms with Crippen LogP contribution in [-0.2, 0) is 6.54 Å². The molecule has 0 bridgehead atoms. The van der Waals surface area contributed by atoms with Crippen molar-refractivity contribution in [2.75, 3.05) is 6.54 Å². The molecule has 0 spiro atoms. The number of hydrogen-bond acceptors (Lipinski definition) is 4. The first-order valence-electron chi connectivity index (χ1n) is 6.31. The number of aliphatic imine (C=N–C) groups is 1. The van der Waals surface area contributed by atoms with E-state index >= 15 is 0 Å². The van der Waals surface area contributed by atoms with Gasteiger partial charge in [0.2, 0.25) is 0 Å². The molecule has 0 aromatic carbocycles. The molecular formula is C13H21N3S. The van der Waals surface area contributed by atoms with Crippen molar-refractivity contribution in [3.8, 4) is 0 Å². The Hall–Kier alpha value is -1.03. The molecule has 94 valence electrons. The molecule has 0 fully saturated rings. The van der Waals surface area contributed by atoms with Crippen LogP contribution in [0.5, 0.6) is 0 Å². The smallest absolute Gasteiger partial charge is 0.191 e. The highest BCUT2D eigenvalue weighted by atomic mass is 32.1. The highest BCUT2D eigenvalue weighted by Crippen LogP contribution is 2.24. The topological polar surface area (TPSA) is 41.6 Å². The van der Waals surface area contributed by atoms with Crippen molar-refractivity contribution in [2.45, 2.75) is 39.3 Å². The molecule has 2 N–H and O–H groups in total. The van der Waals surface area contributed by atoms with E-state index in [0.29, 0.717) is 17.9 Å². The van der Waals surface area contributed by atoms with Crippen LogP contribution in [0.2, 0.25) is 0 Å². The van der Waals surface area contributed by atoms with Crippen LogP contribution >= 0.6 is 11.3 Å². The minimum absolute atomic E-state index is 0.483. The fourth-order valence-corrected chi connectivity index (χ4v) is 3.15. The van der Waals surface area contributed by atoms with Crippen LogP contribution in [0.25, 0.3) is 0 Å². The summed E-state index contributed by atoms with van der Waals surface area (Å²) in [5.41, 5.74) is 6.00. The van der Waals surface area contributed by atoms with E-state index in [-0.39, 0.29) is 0 Å². The predicted octanol–water partition coefficient (Wildman–Crippen LogP) is 2.68. The third-order valence-electron chi connectivity index (χ3n) is 3.44. The van der Waals surface area contributed by atoms with Gasteiger partial charge in [-0.15, -0.1) is 11.3 Å². The first-order valence-corrected chi connectivity index (χ1v) is 7.19. The second-order valence-corrected chi connectivity index (χ2v) is 5.77. The largest absolute Gasteiger partial charge is 0.370 e. The average molecular weight is 251 g/mol. The van der Waals surface area contributed by atoms with Crippen LogP contribution in [0.4, 0.5) is 0 Å². The molecule has 0 saturated heterocycles. The number of rotatable bonds is 5. The van der Waals surface area contributed by atoms with Crippen molar-refractivity contribution in [1.82, 2.24) is 4.90 Å². The molecule has 17 heavy (non-hydrogen) atoms. The summed E-state index contributed by atoms with van der Waals surface area (Å²) in [4.78, 5) is 8.04. The maximum atomic E-state index is 6.00. The van der Waals surface area contributed by atoms with Crippen LogP contribution in [0.3, 0.4) is 0 Å². The molecule has 2 rings (SSSR count). The van der Waals surface area contributed by atoms with Crippen molar-refractivity contribution < 1.29 is 0 Å². The molecule has 0 amide bonds. The summed E-state index contributed by atoms with van der Waals surface area (Å²) < 4.78 is 0. The fourth-order valence-electron chi connectivity index (χ4n) is 2.45. The van der Waals surface area contributed by atoms with Gasteiger partial charge >= 0.3 is 0 Å². The first kappa shape index (κ1) is 12.4. The van der Waals surface area contributed by atoms with Gasteiger partial charge in [-0.25, -0.2) is 0 Å². The van der Waals surface area contributed by atoms with E-state index in [9.17, 15) is 0 Å². The van der Waals surface area contributed by atoms with Gasteiger partial charge in [0.1, 0.15) is 0 Å². The van der Waals surface area contributed by atoms with Gasteiger partial charge in [-0.3, -0.25) is 4.99 Å². The van der Waals surface area contributed by atoms with E-state index in [2.05, 4.69) is 41.3 Å². The zero-order valence-electron chi connectivity index (χ0n) is 10.6. The summed E-state index contributed by atoms with van der Waals surface area (Å²) >= 11 is 1.79. The molecule has 2 unspecified atom stereocenters. The molecule has 1 aliphatic rings. The highest BCUT2D eigenvalue weighted by Gasteiger charge is 2.30. The highest BCUT2D eigenvalue weighted by molar-refractivity contribution is 7.09. The quantitative estimate of drug-likeness (QED) is 0.874. The summed E-state index contributed by atoms with van der Waals surface area (Å²) in [5, 5.41) is 2.11. The number of guanidine groups is 1. The van der Waals surface area contributed by atoms with Gasteiger partial charge in [-0.05, 0) is 23.8 Å². The van der Waals surface area contributed by atoms with Crippen LogP contribution in [0.1, 0.15) is 31.6 Å². The van der Waals surface area contributed by atoms with Gasteiger partial charge in [0.25, 0.3) is 0 Å². The van der Waals surface area contributed by atoms with Crippen molar-refractivity contribution in [2.24, 2.45) is 16.6 Å². The van der Waals surface area contributed by atoms with Crippen LogP contribution in [-0.4, -0.2) is 23.4 Å². The van der Waals surface area contributed by atoms with Crippen molar-refractivity contribution in [1.29, 1.82) is 0 Å². The first-order chi connectivity index (χ1) is 8.22. The average Bonchev–Trinajstić information content (AvgIpc) is 2.91. The van der Waals surface area contributed by atoms with Crippen LogP contribution in [0, 0.1) is 5.92 Å². The van der Waals surface area contributed by atoms with E-state index in [1.165, 1.54) is 17.7 Å². The van der Waals surface area contributed by atoms with Crippen molar-refractivity contribution in [3.05, 3.63) is 22.4 Å². The molecule has 3 nitrogen and oxygen atoms in total. The molecule has 4 heteroatoms. The third-order valence-corrected chi connectivity index (χ3v) is 4.30. The van der Waals surface area contributed by atoms with E-state index in [4.69, 9.17) is 5.73 Å². The van der Waals surface area contributed by atoms with E-state index in [1.807, 2.05) is 0 Å². The predicted molar refractivity (Wildman–Crippen MR) is 74.2 cm³/mol. The second kappa shape index (κ2) is 5.54. The number of nitrogens with two attached hydrogens (primary N) is 1. The Balaban J connectivity index is 2.03. The molecule has 0 radical (unpaired) electrons. The SMILES string of the molecule is CCCC(C)C1CN=C(N)N1Cc1cccs1. The fraction of sp³-hybridized carbons (Fsp3) is 0.615. The van der Waals surface area contributed by atoms with Gasteiger partial charge in [0.15, 0.2) is 5.96 Å². The Kier molecular flexibility index (Phi) is 4.05. The zero-order chi connectivity index (χ0) is 12.3. The number of nitrogens with zero attached hydrogens (tertiary/aromatic N) is 2. The van der Waals surface area contributed by atoms with E-state index in [0.717, 1.165) is 13.1 Å². The monoisotopic (exact) mass is 251 g/mol. The Morgan fingerprint density at radius 1 is 1.65 bits per heavy atom. The molecule has 2 atom stereocenters. The minimum atomic E-state index is 0.483. The summed E-state index contributed by atoms with van der Waals surface area (Å²) in [6.45, 7) is 6.31. The lowest BCUT2D eigenvalue weighted by molar-refractivity contribution is 0.246. The summed E-state index contributed by atoms with van der Waals surface area (Å²) in [6, 6.07) is 4.74. The van der Waals surface area contributed by atoms with Crippen LogP contribution in [0.15, 0.2) is 22.5 Å². The third kappa shape index (κ3) is 2.80. The van der Waals surface area contributed by atoms with Crippen LogP contribution < -0.4 is 5.73 Å². The molecular weight excluding hydrogens is 230 g/mol. The van der Waals surface area contributed by atoms with Crippen molar-refractivity contribution >= 4 is 17.3 Å².